The van der Waals surface area contributed by atoms with E-state index in [1.165, 1.54) is 18.4 Å². The summed E-state index contributed by atoms with van der Waals surface area (Å²) in [5, 5.41) is 7.79. The maximum absolute atomic E-state index is 11.8. The van der Waals surface area contributed by atoms with Gasteiger partial charge in [-0.15, -0.1) is 11.3 Å². The molecule has 0 fully saturated rings. The molecule has 0 unspecified atom stereocenters. The summed E-state index contributed by atoms with van der Waals surface area (Å²) < 4.78 is 0. The molecule has 0 bridgehead atoms. The lowest BCUT2D eigenvalue weighted by Crippen LogP contribution is -2.39. The van der Waals surface area contributed by atoms with Gasteiger partial charge in [-0.1, -0.05) is 43.7 Å². The van der Waals surface area contributed by atoms with Gasteiger partial charge in [-0.2, -0.15) is 0 Å². The second-order valence-electron chi connectivity index (χ2n) is 5.92. The van der Waals surface area contributed by atoms with Gasteiger partial charge in [-0.3, -0.25) is 14.9 Å². The van der Waals surface area contributed by atoms with Crippen LogP contribution in [0.25, 0.3) is 0 Å². The first-order valence-electron chi connectivity index (χ1n) is 8.50. The van der Waals surface area contributed by atoms with Crippen LogP contribution in [-0.4, -0.2) is 24.9 Å². The van der Waals surface area contributed by atoms with Crippen LogP contribution in [0.1, 0.15) is 41.8 Å². The number of aryl methyl sites for hydroxylation is 1. The third-order valence-corrected chi connectivity index (χ3v) is 4.82. The minimum atomic E-state index is -0.550. The van der Waals surface area contributed by atoms with E-state index < -0.39 is 5.91 Å². The van der Waals surface area contributed by atoms with E-state index in [1.807, 2.05) is 11.4 Å². The topological polar surface area (TPSA) is 84.2 Å². The van der Waals surface area contributed by atoms with E-state index in [4.69, 9.17) is 5.73 Å². The first-order chi connectivity index (χ1) is 12.1. The highest BCUT2D eigenvalue weighted by molar-refractivity contribution is 7.10. The van der Waals surface area contributed by atoms with Crippen LogP contribution in [0.4, 0.5) is 0 Å². The summed E-state index contributed by atoms with van der Waals surface area (Å²) in [6.07, 6.45) is 3.46. The Morgan fingerprint density at radius 1 is 1.16 bits per heavy atom. The van der Waals surface area contributed by atoms with E-state index in [9.17, 15) is 9.59 Å². The number of hydrogen-bond donors (Lipinski definition) is 3. The minimum Gasteiger partial charge on any atom is -0.368 e. The number of primary amides is 1. The zero-order chi connectivity index (χ0) is 18.1. The summed E-state index contributed by atoms with van der Waals surface area (Å²) in [6.45, 7) is 2.16. The first-order valence-corrected chi connectivity index (χ1v) is 9.38. The zero-order valence-corrected chi connectivity index (χ0v) is 15.3. The molecule has 0 saturated carbocycles. The molecular formula is C19H25N3O2S. The predicted molar refractivity (Wildman–Crippen MR) is 101 cm³/mol. The Morgan fingerprint density at radius 2 is 1.92 bits per heavy atom. The van der Waals surface area contributed by atoms with E-state index in [0.29, 0.717) is 0 Å². The average molecular weight is 359 g/mol. The number of nitrogens with one attached hydrogen (secondary N) is 2. The van der Waals surface area contributed by atoms with Crippen molar-refractivity contribution >= 4 is 23.2 Å². The van der Waals surface area contributed by atoms with Gasteiger partial charge in [0.15, 0.2) is 0 Å². The van der Waals surface area contributed by atoms with Crippen LogP contribution < -0.4 is 16.4 Å². The highest BCUT2D eigenvalue weighted by Gasteiger charge is 2.16. The SMILES string of the molecule is CCCCc1ccc([C@H](NCC(=O)NCC(N)=O)c2cccs2)cc1. The predicted octanol–water partition coefficient (Wildman–Crippen LogP) is 2.37. The third kappa shape index (κ3) is 6.32. The Bertz CT molecular complexity index is 668. The second-order valence-corrected chi connectivity index (χ2v) is 6.90. The van der Waals surface area contributed by atoms with Crippen LogP contribution in [0.3, 0.4) is 0 Å². The highest BCUT2D eigenvalue weighted by atomic mass is 32.1. The fourth-order valence-corrected chi connectivity index (χ4v) is 3.37. The molecular weight excluding hydrogens is 334 g/mol. The van der Waals surface area contributed by atoms with Crippen LogP contribution in [0.15, 0.2) is 41.8 Å². The van der Waals surface area contributed by atoms with Crippen LogP contribution >= 0.6 is 11.3 Å². The molecule has 1 atom stereocenters. The molecule has 4 N–H and O–H groups in total. The van der Waals surface area contributed by atoms with Crippen molar-refractivity contribution in [2.75, 3.05) is 13.1 Å². The number of amides is 2. The molecule has 134 valence electrons. The molecule has 1 aromatic carbocycles. The standard InChI is InChI=1S/C19H25N3O2S/c1-2-3-5-14-7-9-15(10-8-14)19(16-6-4-11-25-16)22-13-18(24)21-12-17(20)23/h4,6-11,19,22H,2-3,5,12-13H2,1H3,(H2,20,23)(H,21,24)/t19-/m0/s1. The van der Waals surface area contributed by atoms with Crippen molar-refractivity contribution in [1.29, 1.82) is 0 Å². The van der Waals surface area contributed by atoms with Gasteiger partial charge in [-0.05, 0) is 35.4 Å². The van der Waals surface area contributed by atoms with E-state index in [-0.39, 0.29) is 25.0 Å². The number of rotatable bonds is 10. The fourth-order valence-electron chi connectivity index (χ4n) is 2.54. The quantitative estimate of drug-likeness (QED) is 0.609. The zero-order valence-electron chi connectivity index (χ0n) is 14.5. The lowest BCUT2D eigenvalue weighted by atomic mass is 10.0. The van der Waals surface area contributed by atoms with Crippen LogP contribution in [-0.2, 0) is 16.0 Å². The number of carbonyl (C=O) groups excluding carboxylic acids is 2. The second kappa shape index (κ2) is 9.96. The number of unbranched alkanes of at least 4 members (excludes halogenated alkanes) is 1. The molecule has 0 radical (unpaired) electrons. The van der Waals surface area contributed by atoms with Gasteiger partial charge >= 0.3 is 0 Å². The Hall–Kier alpha value is -2.18. The largest absolute Gasteiger partial charge is 0.368 e. The molecule has 6 heteroatoms. The van der Waals surface area contributed by atoms with Gasteiger partial charge in [0.05, 0.1) is 19.1 Å². The molecule has 2 aromatic rings. The monoisotopic (exact) mass is 359 g/mol. The number of benzene rings is 1. The molecule has 1 heterocycles. The first kappa shape index (κ1) is 19.1. The van der Waals surface area contributed by atoms with Gasteiger partial charge in [-0.25, -0.2) is 0 Å². The van der Waals surface area contributed by atoms with Crippen LogP contribution in [0.2, 0.25) is 0 Å². The van der Waals surface area contributed by atoms with Gasteiger partial charge in [0.1, 0.15) is 0 Å². The number of hydrogen-bond acceptors (Lipinski definition) is 4. The fraction of sp³-hybridized carbons (Fsp3) is 0.368. The molecule has 2 rings (SSSR count). The molecule has 2 amide bonds. The maximum atomic E-state index is 11.8. The summed E-state index contributed by atoms with van der Waals surface area (Å²) in [7, 11) is 0. The molecule has 0 spiro atoms. The number of nitrogens with two attached hydrogens (primary N) is 1. The van der Waals surface area contributed by atoms with Crippen molar-refractivity contribution in [2.24, 2.45) is 5.73 Å². The smallest absolute Gasteiger partial charge is 0.236 e. The van der Waals surface area contributed by atoms with E-state index >= 15 is 0 Å². The van der Waals surface area contributed by atoms with Crippen molar-refractivity contribution in [1.82, 2.24) is 10.6 Å². The van der Waals surface area contributed by atoms with Gasteiger partial charge < -0.3 is 11.1 Å². The van der Waals surface area contributed by atoms with Crippen LogP contribution in [0, 0.1) is 0 Å². The Labute approximate surface area is 152 Å². The number of carbonyl (C=O) groups is 2. The van der Waals surface area contributed by atoms with Crippen molar-refractivity contribution < 1.29 is 9.59 Å². The summed E-state index contributed by atoms with van der Waals surface area (Å²) in [4.78, 5) is 23.7. The van der Waals surface area contributed by atoms with Gasteiger partial charge in [0, 0.05) is 4.88 Å². The average Bonchev–Trinajstić information content (AvgIpc) is 3.13. The number of thiophene rings is 1. The normalized spacial score (nSPS) is 11.9. The highest BCUT2D eigenvalue weighted by Crippen LogP contribution is 2.26. The van der Waals surface area contributed by atoms with E-state index in [2.05, 4.69) is 47.9 Å². The van der Waals surface area contributed by atoms with Crippen molar-refractivity contribution in [3.8, 4) is 0 Å². The molecule has 1 aromatic heterocycles. The van der Waals surface area contributed by atoms with Crippen molar-refractivity contribution in [2.45, 2.75) is 32.2 Å². The molecule has 0 aliphatic rings. The summed E-state index contributed by atoms with van der Waals surface area (Å²) >= 11 is 1.65. The van der Waals surface area contributed by atoms with E-state index in [1.54, 1.807) is 11.3 Å². The molecule has 0 aliphatic carbocycles. The van der Waals surface area contributed by atoms with Gasteiger partial charge in [0.25, 0.3) is 0 Å². The Balaban J connectivity index is 2.04. The third-order valence-electron chi connectivity index (χ3n) is 3.89. The lowest BCUT2D eigenvalue weighted by Gasteiger charge is -2.18. The molecule has 5 nitrogen and oxygen atoms in total. The summed E-state index contributed by atoms with van der Waals surface area (Å²) in [6, 6.07) is 12.5. The Kier molecular flexibility index (Phi) is 7.63. The molecule has 25 heavy (non-hydrogen) atoms. The summed E-state index contributed by atoms with van der Waals surface area (Å²) in [5.41, 5.74) is 7.49. The summed E-state index contributed by atoms with van der Waals surface area (Å²) in [5.74, 6) is -0.800. The lowest BCUT2D eigenvalue weighted by molar-refractivity contribution is -0.124. The van der Waals surface area contributed by atoms with Crippen LogP contribution in [0.5, 0.6) is 0 Å². The van der Waals surface area contributed by atoms with E-state index in [0.717, 1.165) is 16.9 Å². The molecule has 0 aliphatic heterocycles. The van der Waals surface area contributed by atoms with Gasteiger partial charge in [0.2, 0.25) is 11.8 Å². The van der Waals surface area contributed by atoms with Crippen molar-refractivity contribution in [3.05, 3.63) is 57.8 Å². The van der Waals surface area contributed by atoms with Crippen molar-refractivity contribution in [3.63, 3.8) is 0 Å². The minimum absolute atomic E-state index is 0.0560. The molecule has 0 saturated heterocycles. The Morgan fingerprint density at radius 3 is 2.52 bits per heavy atom. The maximum Gasteiger partial charge on any atom is 0.236 e.